The fraction of sp³-hybridized carbons (Fsp3) is 0.538. The fourth-order valence-corrected chi connectivity index (χ4v) is 1.62. The third kappa shape index (κ3) is 4.75. The van der Waals surface area contributed by atoms with Crippen LogP contribution in [0.1, 0.15) is 17.3 Å². The Hall–Kier alpha value is -1.73. The summed E-state index contributed by atoms with van der Waals surface area (Å²) in [6, 6.07) is 1.15. The zero-order valence-electron chi connectivity index (χ0n) is 11.9. The number of pyridine rings is 1. The van der Waals surface area contributed by atoms with Crippen molar-refractivity contribution in [1.29, 1.82) is 0 Å². The highest BCUT2D eigenvalue weighted by Gasteiger charge is 2.15. The highest BCUT2D eigenvalue weighted by Crippen LogP contribution is 2.13. The molecule has 0 saturated carbocycles. The van der Waals surface area contributed by atoms with Gasteiger partial charge in [0.15, 0.2) is 0 Å². The number of nitrogens with zero attached hydrogens (tertiary/aromatic N) is 1. The molecule has 1 aromatic heterocycles. The van der Waals surface area contributed by atoms with Gasteiger partial charge < -0.3 is 20.1 Å². The Kier molecular flexibility index (Phi) is 6.89. The van der Waals surface area contributed by atoms with Gasteiger partial charge in [-0.3, -0.25) is 4.79 Å². The molecule has 0 aliphatic carbocycles. The van der Waals surface area contributed by atoms with Gasteiger partial charge in [-0.2, -0.15) is 0 Å². The minimum absolute atomic E-state index is 0.166. The summed E-state index contributed by atoms with van der Waals surface area (Å²) < 4.78 is 23.3. The number of carbonyl (C=O) groups excluding carboxylic acids is 1. The third-order valence-electron chi connectivity index (χ3n) is 2.62. The zero-order valence-corrected chi connectivity index (χ0v) is 11.9. The van der Waals surface area contributed by atoms with Crippen LogP contribution >= 0.6 is 0 Å². The number of hydrogen-bond donors (Lipinski definition) is 2. The molecule has 0 radical (unpaired) electrons. The predicted molar refractivity (Wildman–Crippen MR) is 73.4 cm³/mol. The van der Waals surface area contributed by atoms with Crippen LogP contribution in [0.4, 0.5) is 10.2 Å². The second-order valence-electron chi connectivity index (χ2n) is 4.10. The van der Waals surface area contributed by atoms with Crippen LogP contribution in [0.5, 0.6) is 0 Å². The first kappa shape index (κ1) is 16.3. The van der Waals surface area contributed by atoms with Gasteiger partial charge in [-0.15, -0.1) is 0 Å². The van der Waals surface area contributed by atoms with E-state index in [0.717, 1.165) is 12.3 Å². The van der Waals surface area contributed by atoms with Crippen molar-refractivity contribution in [2.45, 2.75) is 13.0 Å². The molecule has 20 heavy (non-hydrogen) atoms. The Morgan fingerprint density at radius 3 is 2.85 bits per heavy atom. The maximum absolute atomic E-state index is 13.2. The lowest BCUT2D eigenvalue weighted by Gasteiger charge is -2.16. The fourth-order valence-electron chi connectivity index (χ4n) is 1.62. The largest absolute Gasteiger partial charge is 0.382 e. The van der Waals surface area contributed by atoms with Crippen LogP contribution in [0.25, 0.3) is 0 Å². The summed E-state index contributed by atoms with van der Waals surface area (Å²) in [7, 11) is 3.08. The number of carbonyl (C=O) groups is 1. The van der Waals surface area contributed by atoms with E-state index in [4.69, 9.17) is 9.47 Å². The number of methoxy groups -OCH3 is 2. The van der Waals surface area contributed by atoms with E-state index in [2.05, 4.69) is 15.6 Å². The lowest BCUT2D eigenvalue weighted by Crippen LogP contribution is -2.36. The summed E-state index contributed by atoms with van der Waals surface area (Å²) in [6.07, 6.45) is 0.811. The van der Waals surface area contributed by atoms with Crippen molar-refractivity contribution in [1.82, 2.24) is 10.3 Å². The monoisotopic (exact) mass is 285 g/mol. The number of ether oxygens (including phenoxy) is 2. The second kappa shape index (κ2) is 8.44. The molecular formula is C13H20FN3O3. The maximum atomic E-state index is 13.2. The predicted octanol–water partition coefficient (Wildman–Crippen LogP) is 1.04. The molecule has 6 nitrogen and oxygen atoms in total. The number of nitrogens with one attached hydrogen (secondary N) is 2. The lowest BCUT2D eigenvalue weighted by molar-refractivity contribution is 0.0285. The first-order valence-electron chi connectivity index (χ1n) is 6.31. The number of rotatable bonds is 8. The lowest BCUT2D eigenvalue weighted by atomic mass is 10.2. The zero-order chi connectivity index (χ0) is 15.0. The number of halogens is 1. The van der Waals surface area contributed by atoms with Crippen LogP contribution in [0.2, 0.25) is 0 Å². The first-order chi connectivity index (χ1) is 9.62. The summed E-state index contributed by atoms with van der Waals surface area (Å²) >= 11 is 0. The van der Waals surface area contributed by atoms with Crippen LogP contribution in [0.3, 0.4) is 0 Å². The van der Waals surface area contributed by atoms with E-state index >= 15 is 0 Å². The number of anilines is 1. The molecule has 1 unspecified atom stereocenters. The van der Waals surface area contributed by atoms with Gasteiger partial charge in [0.05, 0.1) is 24.5 Å². The highest BCUT2D eigenvalue weighted by atomic mass is 19.1. The molecule has 1 amide bonds. The summed E-state index contributed by atoms with van der Waals surface area (Å²) in [5.74, 6) is -0.616. The van der Waals surface area contributed by atoms with Crippen LogP contribution in [-0.4, -0.2) is 50.9 Å². The second-order valence-corrected chi connectivity index (χ2v) is 4.10. The van der Waals surface area contributed by atoms with E-state index in [0.29, 0.717) is 19.0 Å². The van der Waals surface area contributed by atoms with Crippen LogP contribution in [0, 0.1) is 5.82 Å². The highest BCUT2D eigenvalue weighted by molar-refractivity contribution is 5.98. The molecule has 1 heterocycles. The quantitative estimate of drug-likeness (QED) is 0.747. The summed E-state index contributed by atoms with van der Waals surface area (Å²) in [5.41, 5.74) is 0.166. The molecular weight excluding hydrogens is 265 g/mol. The van der Waals surface area contributed by atoms with Crippen molar-refractivity contribution >= 4 is 11.7 Å². The Labute approximate surface area is 117 Å². The molecule has 2 N–H and O–H groups in total. The van der Waals surface area contributed by atoms with E-state index in [1.54, 1.807) is 7.11 Å². The molecule has 112 valence electrons. The Morgan fingerprint density at radius 2 is 2.25 bits per heavy atom. The van der Waals surface area contributed by atoms with Crippen molar-refractivity contribution in [2.75, 3.05) is 39.2 Å². The smallest absolute Gasteiger partial charge is 0.255 e. The van der Waals surface area contributed by atoms with Gasteiger partial charge in [0.25, 0.3) is 5.91 Å². The first-order valence-corrected chi connectivity index (χ1v) is 6.31. The van der Waals surface area contributed by atoms with Crippen molar-refractivity contribution in [2.24, 2.45) is 0 Å². The summed E-state index contributed by atoms with van der Waals surface area (Å²) in [6.45, 7) is 3.08. The number of amides is 1. The molecule has 0 fully saturated rings. The standard InChI is InChI=1S/C13H20FN3O3/c1-4-15-12-11(5-9(14)6-16-12)13(18)17-7-10(20-3)8-19-2/h5-6,10H,4,7-8H2,1-3H3,(H,15,16)(H,17,18). The average molecular weight is 285 g/mol. The van der Waals surface area contributed by atoms with Gasteiger partial charge in [-0.1, -0.05) is 0 Å². The topological polar surface area (TPSA) is 72.5 Å². The minimum atomic E-state index is -0.558. The molecule has 0 bridgehead atoms. The molecule has 0 saturated heterocycles. The molecule has 0 aliphatic heterocycles. The Morgan fingerprint density at radius 1 is 1.50 bits per heavy atom. The van der Waals surface area contributed by atoms with Gasteiger partial charge >= 0.3 is 0 Å². The van der Waals surface area contributed by atoms with E-state index in [9.17, 15) is 9.18 Å². The van der Waals surface area contributed by atoms with E-state index in [1.165, 1.54) is 7.11 Å². The van der Waals surface area contributed by atoms with E-state index < -0.39 is 11.7 Å². The Bertz CT molecular complexity index is 443. The molecule has 1 atom stereocenters. The van der Waals surface area contributed by atoms with Crippen molar-refractivity contribution in [3.63, 3.8) is 0 Å². The molecule has 1 rings (SSSR count). The molecule has 7 heteroatoms. The van der Waals surface area contributed by atoms with Crippen molar-refractivity contribution in [3.05, 3.63) is 23.6 Å². The SMILES string of the molecule is CCNc1ncc(F)cc1C(=O)NCC(COC)OC. The normalized spacial score (nSPS) is 12.0. The van der Waals surface area contributed by atoms with Gasteiger partial charge in [-0.25, -0.2) is 9.37 Å². The average Bonchev–Trinajstić information content (AvgIpc) is 2.45. The van der Waals surface area contributed by atoms with Gasteiger partial charge in [0.2, 0.25) is 0 Å². The van der Waals surface area contributed by atoms with Gasteiger partial charge in [0, 0.05) is 27.3 Å². The number of hydrogen-bond acceptors (Lipinski definition) is 5. The van der Waals surface area contributed by atoms with Gasteiger partial charge in [0.1, 0.15) is 11.6 Å². The van der Waals surface area contributed by atoms with E-state index in [-0.39, 0.29) is 18.2 Å². The van der Waals surface area contributed by atoms with Crippen LogP contribution in [-0.2, 0) is 9.47 Å². The molecule has 0 aromatic carbocycles. The molecule has 1 aromatic rings. The molecule has 0 spiro atoms. The maximum Gasteiger partial charge on any atom is 0.255 e. The summed E-state index contributed by atoms with van der Waals surface area (Å²) in [5, 5.41) is 5.59. The number of aromatic nitrogens is 1. The minimum Gasteiger partial charge on any atom is -0.382 e. The Balaban J connectivity index is 2.73. The van der Waals surface area contributed by atoms with Crippen molar-refractivity contribution in [3.8, 4) is 0 Å². The van der Waals surface area contributed by atoms with Crippen LogP contribution < -0.4 is 10.6 Å². The third-order valence-corrected chi connectivity index (χ3v) is 2.62. The van der Waals surface area contributed by atoms with E-state index in [1.807, 2.05) is 6.92 Å². The molecule has 0 aliphatic rings. The van der Waals surface area contributed by atoms with Crippen LogP contribution in [0.15, 0.2) is 12.3 Å². The van der Waals surface area contributed by atoms with Crippen molar-refractivity contribution < 1.29 is 18.7 Å². The summed E-state index contributed by atoms with van der Waals surface area (Å²) in [4.78, 5) is 15.9. The van der Waals surface area contributed by atoms with Gasteiger partial charge in [-0.05, 0) is 13.0 Å².